The van der Waals surface area contributed by atoms with Gasteiger partial charge in [0.2, 0.25) is 0 Å². The van der Waals surface area contributed by atoms with Gasteiger partial charge >= 0.3 is 0 Å². The van der Waals surface area contributed by atoms with Crippen LogP contribution in [0.15, 0.2) is 30.7 Å². The average Bonchev–Trinajstić information content (AvgIpc) is 3.07. The molecule has 1 amide bonds. The molecule has 0 unspecified atom stereocenters. The van der Waals surface area contributed by atoms with E-state index in [-0.39, 0.29) is 11.8 Å². The lowest BCUT2D eigenvalue weighted by Crippen LogP contribution is -2.36. The van der Waals surface area contributed by atoms with Crippen LogP contribution >= 0.6 is 0 Å². The highest BCUT2D eigenvalue weighted by molar-refractivity contribution is 5.97. The maximum absolute atomic E-state index is 12.8. The van der Waals surface area contributed by atoms with E-state index in [1.165, 1.54) is 0 Å². The van der Waals surface area contributed by atoms with Crippen molar-refractivity contribution in [2.24, 2.45) is 0 Å². The van der Waals surface area contributed by atoms with Crippen molar-refractivity contribution in [3.05, 3.63) is 53.4 Å². The molecule has 24 heavy (non-hydrogen) atoms. The third-order valence-electron chi connectivity index (χ3n) is 4.44. The quantitative estimate of drug-likeness (QED) is 0.787. The summed E-state index contributed by atoms with van der Waals surface area (Å²) in [6.07, 6.45) is 4.35. The molecule has 3 aromatic rings. The first-order chi connectivity index (χ1) is 11.6. The van der Waals surface area contributed by atoms with Crippen molar-refractivity contribution in [3.8, 4) is 0 Å². The van der Waals surface area contributed by atoms with Crippen LogP contribution in [-0.2, 0) is 13.0 Å². The van der Waals surface area contributed by atoms with Gasteiger partial charge in [-0.2, -0.15) is 0 Å². The molecule has 1 aliphatic rings. The molecular formula is C18H19N5O. The fourth-order valence-corrected chi connectivity index (χ4v) is 3.02. The second kappa shape index (κ2) is 5.70. The molecule has 6 heteroatoms. The monoisotopic (exact) mass is 321 g/mol. The lowest BCUT2D eigenvalue weighted by Gasteiger charge is -2.28. The number of carbonyl (C=O) groups is 1. The number of aromatic amines is 1. The van der Waals surface area contributed by atoms with Crippen molar-refractivity contribution >= 4 is 16.9 Å². The van der Waals surface area contributed by atoms with Crippen molar-refractivity contribution in [1.29, 1.82) is 0 Å². The Morgan fingerprint density at radius 3 is 3.00 bits per heavy atom. The molecule has 0 saturated carbocycles. The summed E-state index contributed by atoms with van der Waals surface area (Å²) in [5.41, 5.74) is 4.53. The topological polar surface area (TPSA) is 74.8 Å². The molecule has 122 valence electrons. The third kappa shape index (κ3) is 2.54. The van der Waals surface area contributed by atoms with Crippen LogP contribution in [-0.4, -0.2) is 37.3 Å². The number of imidazole rings is 1. The predicted octanol–water partition coefficient (Wildman–Crippen LogP) is 2.67. The Bertz CT molecular complexity index is 915. The second-order valence-electron chi connectivity index (χ2n) is 6.47. The first kappa shape index (κ1) is 14.8. The van der Waals surface area contributed by atoms with E-state index in [1.807, 2.05) is 29.3 Å². The summed E-state index contributed by atoms with van der Waals surface area (Å²) in [5.74, 6) is 1.15. The maximum Gasteiger partial charge on any atom is 0.254 e. The first-order valence-corrected chi connectivity index (χ1v) is 8.19. The van der Waals surface area contributed by atoms with E-state index in [2.05, 4.69) is 33.8 Å². The summed E-state index contributed by atoms with van der Waals surface area (Å²) >= 11 is 0. The minimum absolute atomic E-state index is 0.0295. The van der Waals surface area contributed by atoms with Gasteiger partial charge in [-0.1, -0.05) is 13.8 Å². The van der Waals surface area contributed by atoms with Crippen LogP contribution in [0.25, 0.3) is 11.0 Å². The Labute approximate surface area is 140 Å². The fraction of sp³-hybridized carbons (Fsp3) is 0.333. The highest BCUT2D eigenvalue weighted by Crippen LogP contribution is 2.21. The van der Waals surface area contributed by atoms with E-state index in [4.69, 9.17) is 0 Å². The summed E-state index contributed by atoms with van der Waals surface area (Å²) in [5, 5.41) is 0. The molecule has 1 aromatic carbocycles. The summed E-state index contributed by atoms with van der Waals surface area (Å²) in [6, 6.07) is 5.57. The zero-order valence-electron chi connectivity index (χ0n) is 13.8. The molecule has 0 saturated heterocycles. The van der Waals surface area contributed by atoms with Crippen molar-refractivity contribution in [2.75, 3.05) is 6.54 Å². The van der Waals surface area contributed by atoms with Crippen LogP contribution in [0.1, 0.15) is 47.2 Å². The van der Waals surface area contributed by atoms with Crippen LogP contribution in [0, 0.1) is 0 Å². The van der Waals surface area contributed by atoms with Gasteiger partial charge in [0.05, 0.1) is 29.6 Å². The number of rotatable bonds is 2. The van der Waals surface area contributed by atoms with Crippen LogP contribution in [0.4, 0.5) is 0 Å². The smallest absolute Gasteiger partial charge is 0.254 e. The predicted molar refractivity (Wildman–Crippen MR) is 90.7 cm³/mol. The number of H-pyrrole nitrogens is 1. The molecule has 0 atom stereocenters. The summed E-state index contributed by atoms with van der Waals surface area (Å²) in [6.45, 7) is 5.38. The van der Waals surface area contributed by atoms with Crippen LogP contribution < -0.4 is 0 Å². The van der Waals surface area contributed by atoms with Gasteiger partial charge in [0.1, 0.15) is 5.82 Å². The SMILES string of the molecule is CC(C)c1ncc2c(n1)CN(C(=O)c1ccc3nc[nH]c3c1)CC2. The third-order valence-corrected chi connectivity index (χ3v) is 4.44. The van der Waals surface area contributed by atoms with Crippen molar-refractivity contribution in [1.82, 2.24) is 24.8 Å². The molecule has 1 aliphatic heterocycles. The average molecular weight is 321 g/mol. The van der Waals surface area contributed by atoms with Crippen LogP contribution in [0.3, 0.4) is 0 Å². The van der Waals surface area contributed by atoms with Crippen LogP contribution in [0.5, 0.6) is 0 Å². The van der Waals surface area contributed by atoms with Gasteiger partial charge in [-0.15, -0.1) is 0 Å². The normalized spacial score (nSPS) is 14.2. The van der Waals surface area contributed by atoms with Gasteiger partial charge in [-0.3, -0.25) is 4.79 Å². The minimum atomic E-state index is 0.0295. The van der Waals surface area contributed by atoms with Gasteiger partial charge in [0.15, 0.2) is 0 Å². The number of benzene rings is 1. The molecule has 1 N–H and O–H groups in total. The van der Waals surface area contributed by atoms with Gasteiger partial charge in [0, 0.05) is 24.2 Å². The molecule has 4 rings (SSSR count). The zero-order valence-corrected chi connectivity index (χ0v) is 13.8. The molecule has 0 aliphatic carbocycles. The standard InChI is InChI=1S/C18H19N5O/c1-11(2)17-19-8-13-5-6-23(9-16(13)22-17)18(24)12-3-4-14-15(7-12)21-10-20-14/h3-4,7-8,10-11H,5-6,9H2,1-2H3,(H,20,21). The van der Waals surface area contributed by atoms with Gasteiger partial charge in [0.25, 0.3) is 5.91 Å². The zero-order chi connectivity index (χ0) is 16.7. The van der Waals surface area contributed by atoms with Gasteiger partial charge in [-0.25, -0.2) is 15.0 Å². The number of nitrogens with one attached hydrogen (secondary N) is 1. The molecular weight excluding hydrogens is 302 g/mol. The van der Waals surface area contributed by atoms with E-state index in [9.17, 15) is 4.79 Å². The largest absolute Gasteiger partial charge is 0.345 e. The second-order valence-corrected chi connectivity index (χ2v) is 6.47. The number of aromatic nitrogens is 4. The number of hydrogen-bond acceptors (Lipinski definition) is 4. The highest BCUT2D eigenvalue weighted by atomic mass is 16.2. The number of hydrogen-bond donors (Lipinski definition) is 1. The van der Waals surface area contributed by atoms with Gasteiger partial charge < -0.3 is 9.88 Å². The summed E-state index contributed by atoms with van der Waals surface area (Å²) in [7, 11) is 0. The molecule has 0 spiro atoms. The van der Waals surface area contributed by atoms with E-state index in [0.717, 1.165) is 34.5 Å². The van der Waals surface area contributed by atoms with Crippen molar-refractivity contribution < 1.29 is 4.79 Å². The molecule has 2 aromatic heterocycles. The van der Waals surface area contributed by atoms with E-state index >= 15 is 0 Å². The Kier molecular flexibility index (Phi) is 3.52. The highest BCUT2D eigenvalue weighted by Gasteiger charge is 2.24. The fourth-order valence-electron chi connectivity index (χ4n) is 3.02. The van der Waals surface area contributed by atoms with E-state index in [1.54, 1.807) is 6.33 Å². The molecule has 0 radical (unpaired) electrons. The first-order valence-electron chi connectivity index (χ1n) is 8.19. The van der Waals surface area contributed by atoms with E-state index < -0.39 is 0 Å². The van der Waals surface area contributed by atoms with Crippen LogP contribution in [0.2, 0.25) is 0 Å². The minimum Gasteiger partial charge on any atom is -0.345 e. The molecule has 0 fully saturated rings. The summed E-state index contributed by atoms with van der Waals surface area (Å²) < 4.78 is 0. The molecule has 6 nitrogen and oxygen atoms in total. The Hall–Kier alpha value is -2.76. The number of carbonyl (C=O) groups excluding carboxylic acids is 1. The van der Waals surface area contributed by atoms with E-state index in [0.29, 0.717) is 18.7 Å². The Morgan fingerprint density at radius 1 is 1.29 bits per heavy atom. The number of amides is 1. The lowest BCUT2D eigenvalue weighted by molar-refractivity contribution is 0.0731. The summed E-state index contributed by atoms with van der Waals surface area (Å²) in [4.78, 5) is 31.0. The van der Waals surface area contributed by atoms with Crippen molar-refractivity contribution in [2.45, 2.75) is 32.7 Å². The molecule has 3 heterocycles. The lowest BCUT2D eigenvalue weighted by atomic mass is 10.0. The number of nitrogens with zero attached hydrogens (tertiary/aromatic N) is 4. The maximum atomic E-state index is 12.8. The van der Waals surface area contributed by atoms with Crippen molar-refractivity contribution in [3.63, 3.8) is 0 Å². The van der Waals surface area contributed by atoms with Gasteiger partial charge in [-0.05, 0) is 30.2 Å². The molecule has 0 bridgehead atoms. The Morgan fingerprint density at radius 2 is 2.17 bits per heavy atom. The Balaban J connectivity index is 1.61. The number of fused-ring (bicyclic) bond motifs is 2.